The lowest BCUT2D eigenvalue weighted by Crippen LogP contribution is -2.42. The fraction of sp³-hybridized carbons (Fsp3) is 0.800. The highest BCUT2D eigenvalue weighted by Gasteiger charge is 2.34. The van der Waals surface area contributed by atoms with Crippen LogP contribution in [0.1, 0.15) is 12.8 Å². The first-order valence-electron chi connectivity index (χ1n) is 5.30. The molecule has 0 saturated carbocycles. The Labute approximate surface area is 101 Å². The molecule has 1 amide bonds. The molecular formula is C10H19N3O2S. The van der Waals surface area contributed by atoms with Crippen LogP contribution in [0.4, 0.5) is 0 Å². The normalized spacial score (nSPS) is 25.1. The van der Waals surface area contributed by atoms with E-state index < -0.39 is 6.10 Å². The van der Waals surface area contributed by atoms with Gasteiger partial charge in [-0.05, 0) is 20.5 Å². The van der Waals surface area contributed by atoms with Crippen LogP contribution in [0.25, 0.3) is 0 Å². The van der Waals surface area contributed by atoms with Crippen molar-refractivity contribution in [2.45, 2.75) is 25.0 Å². The van der Waals surface area contributed by atoms with Crippen LogP contribution in [0, 0.1) is 0 Å². The molecule has 1 saturated heterocycles. The van der Waals surface area contributed by atoms with Crippen molar-refractivity contribution in [1.82, 2.24) is 9.80 Å². The van der Waals surface area contributed by atoms with E-state index in [0.29, 0.717) is 13.0 Å². The topological polar surface area (TPSA) is 69.8 Å². The molecule has 0 spiro atoms. The number of likely N-dealkylation sites (tertiary alicyclic amines) is 1. The highest BCUT2D eigenvalue weighted by molar-refractivity contribution is 7.80. The number of amides is 1. The zero-order valence-corrected chi connectivity index (χ0v) is 10.5. The molecule has 2 unspecified atom stereocenters. The van der Waals surface area contributed by atoms with Crippen LogP contribution < -0.4 is 5.73 Å². The van der Waals surface area contributed by atoms with Crippen LogP contribution in [-0.2, 0) is 4.79 Å². The highest BCUT2D eigenvalue weighted by Crippen LogP contribution is 2.19. The van der Waals surface area contributed by atoms with E-state index in [1.54, 1.807) is 4.90 Å². The number of nitrogens with two attached hydrogens (primary N) is 1. The number of carbonyl (C=O) groups is 1. The van der Waals surface area contributed by atoms with Gasteiger partial charge in [-0.3, -0.25) is 4.79 Å². The average molecular weight is 245 g/mol. The second-order valence-corrected chi connectivity index (χ2v) is 5.02. The van der Waals surface area contributed by atoms with E-state index in [4.69, 9.17) is 18.0 Å². The first-order valence-corrected chi connectivity index (χ1v) is 5.71. The maximum Gasteiger partial charge on any atom is 0.229 e. The Kier molecular flexibility index (Phi) is 4.64. The van der Waals surface area contributed by atoms with Crippen molar-refractivity contribution in [1.29, 1.82) is 0 Å². The SMILES string of the molecule is CN(C)CC1CC(O)CN1C(=O)CC(N)=S. The van der Waals surface area contributed by atoms with Gasteiger partial charge in [-0.1, -0.05) is 12.2 Å². The number of hydrogen-bond donors (Lipinski definition) is 2. The minimum absolute atomic E-state index is 0.0619. The van der Waals surface area contributed by atoms with Crippen molar-refractivity contribution < 1.29 is 9.90 Å². The molecule has 0 radical (unpaired) electrons. The summed E-state index contributed by atoms with van der Waals surface area (Å²) < 4.78 is 0. The first-order chi connectivity index (χ1) is 7.40. The van der Waals surface area contributed by atoms with E-state index in [1.165, 1.54) is 0 Å². The van der Waals surface area contributed by atoms with Gasteiger partial charge in [0, 0.05) is 19.1 Å². The number of rotatable bonds is 4. The van der Waals surface area contributed by atoms with E-state index >= 15 is 0 Å². The molecule has 1 aliphatic rings. The number of aliphatic hydroxyl groups excluding tert-OH is 1. The van der Waals surface area contributed by atoms with Gasteiger partial charge < -0.3 is 20.6 Å². The molecule has 92 valence electrons. The van der Waals surface area contributed by atoms with Gasteiger partial charge in [-0.2, -0.15) is 0 Å². The molecule has 0 aromatic carbocycles. The average Bonchev–Trinajstić information content (AvgIpc) is 2.44. The molecule has 0 bridgehead atoms. The van der Waals surface area contributed by atoms with Crippen LogP contribution in [-0.4, -0.2) is 65.1 Å². The molecule has 1 heterocycles. The number of nitrogens with zero attached hydrogens (tertiary/aromatic N) is 2. The highest BCUT2D eigenvalue weighted by atomic mass is 32.1. The van der Waals surface area contributed by atoms with Crippen molar-refractivity contribution in [2.75, 3.05) is 27.2 Å². The van der Waals surface area contributed by atoms with Crippen molar-refractivity contribution in [3.8, 4) is 0 Å². The molecule has 0 aromatic heterocycles. The molecule has 6 heteroatoms. The van der Waals surface area contributed by atoms with E-state index in [0.717, 1.165) is 6.54 Å². The van der Waals surface area contributed by atoms with Crippen LogP contribution in [0.15, 0.2) is 0 Å². The van der Waals surface area contributed by atoms with Crippen molar-refractivity contribution >= 4 is 23.1 Å². The van der Waals surface area contributed by atoms with Crippen molar-refractivity contribution in [3.63, 3.8) is 0 Å². The quantitative estimate of drug-likeness (QED) is 0.634. The lowest BCUT2D eigenvalue weighted by atomic mass is 10.2. The third-order valence-corrected chi connectivity index (χ3v) is 2.76. The van der Waals surface area contributed by atoms with Gasteiger partial charge in [0.2, 0.25) is 5.91 Å². The van der Waals surface area contributed by atoms with Gasteiger partial charge in [0.15, 0.2) is 0 Å². The number of hydrogen-bond acceptors (Lipinski definition) is 4. The van der Waals surface area contributed by atoms with E-state index in [2.05, 4.69) is 0 Å². The Morgan fingerprint density at radius 3 is 2.75 bits per heavy atom. The molecule has 0 aliphatic carbocycles. The molecular weight excluding hydrogens is 226 g/mol. The fourth-order valence-corrected chi connectivity index (χ4v) is 2.17. The third-order valence-electron chi connectivity index (χ3n) is 2.61. The molecule has 1 fully saturated rings. The maximum atomic E-state index is 11.8. The third kappa shape index (κ3) is 3.70. The summed E-state index contributed by atoms with van der Waals surface area (Å²) in [4.78, 5) is 15.7. The lowest BCUT2D eigenvalue weighted by molar-refractivity contribution is -0.131. The fourth-order valence-electron chi connectivity index (χ4n) is 2.04. The number of thiocarbonyl (C=S) groups is 1. The summed E-state index contributed by atoms with van der Waals surface area (Å²) in [5.41, 5.74) is 5.35. The lowest BCUT2D eigenvalue weighted by Gasteiger charge is -2.26. The summed E-state index contributed by atoms with van der Waals surface area (Å²) in [6, 6.07) is 0.0619. The Bertz CT molecular complexity index is 283. The van der Waals surface area contributed by atoms with Crippen molar-refractivity contribution in [3.05, 3.63) is 0 Å². The Balaban J connectivity index is 2.61. The van der Waals surface area contributed by atoms with Crippen LogP contribution in [0.5, 0.6) is 0 Å². The number of carbonyl (C=O) groups excluding carboxylic acids is 1. The molecule has 16 heavy (non-hydrogen) atoms. The largest absolute Gasteiger partial charge is 0.393 e. The van der Waals surface area contributed by atoms with Gasteiger partial charge in [-0.25, -0.2) is 0 Å². The Morgan fingerprint density at radius 1 is 1.62 bits per heavy atom. The van der Waals surface area contributed by atoms with Gasteiger partial charge in [0.25, 0.3) is 0 Å². The van der Waals surface area contributed by atoms with E-state index in [-0.39, 0.29) is 23.4 Å². The van der Waals surface area contributed by atoms with Gasteiger partial charge >= 0.3 is 0 Å². The standard InChI is InChI=1S/C10H19N3O2S/c1-12(2)5-7-3-8(14)6-13(7)10(15)4-9(11)16/h7-8,14H,3-6H2,1-2H3,(H2,11,16). The van der Waals surface area contributed by atoms with Gasteiger partial charge in [-0.15, -0.1) is 0 Å². The maximum absolute atomic E-state index is 11.8. The van der Waals surface area contributed by atoms with Crippen molar-refractivity contribution in [2.24, 2.45) is 5.73 Å². The molecule has 0 aromatic rings. The summed E-state index contributed by atoms with van der Waals surface area (Å²) in [5, 5.41) is 9.59. The summed E-state index contributed by atoms with van der Waals surface area (Å²) in [6.45, 7) is 1.14. The van der Waals surface area contributed by atoms with Crippen LogP contribution >= 0.6 is 12.2 Å². The predicted molar refractivity (Wildman–Crippen MR) is 66.1 cm³/mol. The van der Waals surface area contributed by atoms with Crippen LogP contribution in [0.2, 0.25) is 0 Å². The molecule has 1 rings (SSSR count). The van der Waals surface area contributed by atoms with E-state index in [9.17, 15) is 9.90 Å². The minimum atomic E-state index is -0.430. The first kappa shape index (κ1) is 13.3. The molecule has 5 nitrogen and oxygen atoms in total. The minimum Gasteiger partial charge on any atom is -0.393 e. The second kappa shape index (κ2) is 5.56. The van der Waals surface area contributed by atoms with Crippen LogP contribution in [0.3, 0.4) is 0 Å². The summed E-state index contributed by atoms with van der Waals surface area (Å²) in [6.07, 6.45) is 0.285. The summed E-state index contributed by atoms with van der Waals surface area (Å²) in [5.74, 6) is -0.0871. The van der Waals surface area contributed by atoms with E-state index in [1.807, 2.05) is 19.0 Å². The molecule has 3 N–H and O–H groups in total. The Hall–Kier alpha value is -0.720. The second-order valence-electron chi connectivity index (χ2n) is 4.49. The predicted octanol–water partition coefficient (Wildman–Crippen LogP) is -0.814. The summed E-state index contributed by atoms with van der Waals surface area (Å²) >= 11 is 4.72. The summed E-state index contributed by atoms with van der Waals surface area (Å²) in [7, 11) is 3.89. The number of likely N-dealkylation sites (N-methyl/N-ethyl adjacent to an activating group) is 1. The Morgan fingerprint density at radius 2 is 2.25 bits per heavy atom. The molecule has 2 atom stereocenters. The number of aliphatic hydroxyl groups is 1. The monoisotopic (exact) mass is 245 g/mol. The zero-order valence-electron chi connectivity index (χ0n) is 9.72. The smallest absolute Gasteiger partial charge is 0.229 e. The van der Waals surface area contributed by atoms with Gasteiger partial charge in [0.05, 0.1) is 17.5 Å². The molecule has 1 aliphatic heterocycles. The van der Waals surface area contributed by atoms with Gasteiger partial charge in [0.1, 0.15) is 0 Å². The number of β-amino-alcohol motifs (C(OH)–C–C–N with tert-alkyl or cyclic N) is 1. The zero-order chi connectivity index (χ0) is 12.3.